The van der Waals surface area contributed by atoms with Crippen molar-refractivity contribution in [1.82, 2.24) is 10.6 Å². The molecule has 190 valence electrons. The monoisotopic (exact) mass is 506 g/mol. The number of ketones is 1. The summed E-state index contributed by atoms with van der Waals surface area (Å²) in [6.45, 7) is 2.31. The lowest BCUT2D eigenvalue weighted by atomic mass is 9.79. The van der Waals surface area contributed by atoms with E-state index in [1.54, 1.807) is 0 Å². The number of ether oxygens (including phenoxy) is 1. The van der Waals surface area contributed by atoms with Crippen molar-refractivity contribution < 1.29 is 41.4 Å². The lowest BCUT2D eigenvalue weighted by Crippen LogP contribution is -2.72. The van der Waals surface area contributed by atoms with Gasteiger partial charge in [0.2, 0.25) is 5.72 Å². The molecule has 0 unspecified atom stereocenters. The number of Topliss-reactive ketones (excluding diaryl/α,β-unsaturated/α-hetero) is 1. The average molecular weight is 506 g/mol. The second-order valence-electron chi connectivity index (χ2n) is 8.27. The van der Waals surface area contributed by atoms with Crippen LogP contribution < -0.4 is 15.4 Å². The molecule has 7 nitrogen and oxygen atoms in total. The molecule has 1 aliphatic heterocycles. The molecule has 0 aliphatic carbocycles. The van der Waals surface area contributed by atoms with Gasteiger partial charge in [0.15, 0.2) is 5.78 Å². The highest BCUT2D eigenvalue weighted by Crippen LogP contribution is 2.44. The highest BCUT2D eigenvalue weighted by molar-refractivity contribution is 6.00. The molecule has 0 spiro atoms. The summed E-state index contributed by atoms with van der Waals surface area (Å²) in [6, 6.07) is 10.3. The van der Waals surface area contributed by atoms with E-state index in [-0.39, 0.29) is 22.6 Å². The fourth-order valence-electron chi connectivity index (χ4n) is 4.01. The number of hydrogen-bond donors (Lipinski definition) is 3. The van der Waals surface area contributed by atoms with Gasteiger partial charge in [-0.05, 0) is 55.0 Å². The first-order valence-corrected chi connectivity index (χ1v) is 11.0. The standard InChI is InChI=1S/C25H22F4N2O5/c1-2-12-35-17-8-6-14(7-9-17)22(32)20-21(30-23(33)31-24(20,34)25(27,28)29)19-11-10-18(36-19)15-4-3-5-16(26)13-15/h3-11,13,20-21,34H,2,12H2,1H3,(H2,30,31,33)/t20-,21-,24-/m0/s1. The van der Waals surface area contributed by atoms with Gasteiger partial charge in [0.05, 0.1) is 6.61 Å². The van der Waals surface area contributed by atoms with Gasteiger partial charge >= 0.3 is 12.2 Å². The van der Waals surface area contributed by atoms with Crippen LogP contribution in [0.15, 0.2) is 65.1 Å². The van der Waals surface area contributed by atoms with Gasteiger partial charge in [0.25, 0.3) is 0 Å². The van der Waals surface area contributed by atoms with E-state index in [9.17, 15) is 32.3 Å². The number of halogens is 4. The molecule has 1 aliphatic rings. The van der Waals surface area contributed by atoms with Crippen molar-refractivity contribution in [2.24, 2.45) is 5.92 Å². The van der Waals surface area contributed by atoms with Crippen LogP contribution in [0, 0.1) is 11.7 Å². The van der Waals surface area contributed by atoms with Crippen molar-refractivity contribution >= 4 is 11.8 Å². The van der Waals surface area contributed by atoms with Gasteiger partial charge in [0.1, 0.15) is 35.0 Å². The summed E-state index contributed by atoms with van der Waals surface area (Å²) < 4.78 is 67.0. The number of benzene rings is 2. The molecule has 1 aromatic heterocycles. The molecule has 2 amide bonds. The van der Waals surface area contributed by atoms with E-state index >= 15 is 0 Å². The Hall–Kier alpha value is -3.86. The molecular weight excluding hydrogens is 484 g/mol. The minimum Gasteiger partial charge on any atom is -0.494 e. The minimum atomic E-state index is -5.41. The third-order valence-corrected chi connectivity index (χ3v) is 5.74. The van der Waals surface area contributed by atoms with E-state index in [0.717, 1.165) is 12.5 Å². The molecule has 4 rings (SSSR count). The summed E-state index contributed by atoms with van der Waals surface area (Å²) in [5, 5.41) is 14.4. The molecule has 1 saturated heterocycles. The van der Waals surface area contributed by atoms with Gasteiger partial charge in [-0.3, -0.25) is 4.79 Å². The van der Waals surface area contributed by atoms with Crippen molar-refractivity contribution in [3.8, 4) is 17.1 Å². The van der Waals surface area contributed by atoms with E-state index in [4.69, 9.17) is 9.15 Å². The van der Waals surface area contributed by atoms with Crippen LogP contribution in [0.5, 0.6) is 5.75 Å². The molecule has 0 radical (unpaired) electrons. The zero-order valence-electron chi connectivity index (χ0n) is 18.9. The van der Waals surface area contributed by atoms with Crippen LogP contribution in [0.4, 0.5) is 22.4 Å². The van der Waals surface area contributed by atoms with Crippen LogP contribution >= 0.6 is 0 Å². The summed E-state index contributed by atoms with van der Waals surface area (Å²) in [5.41, 5.74) is -3.76. The summed E-state index contributed by atoms with van der Waals surface area (Å²) in [4.78, 5) is 25.6. The number of carbonyl (C=O) groups is 2. The normalized spacial score (nSPS) is 22.0. The third-order valence-electron chi connectivity index (χ3n) is 5.74. The highest BCUT2D eigenvalue weighted by Gasteiger charge is 2.66. The topological polar surface area (TPSA) is 101 Å². The molecule has 3 aromatic rings. The van der Waals surface area contributed by atoms with Crippen molar-refractivity contribution in [2.75, 3.05) is 6.61 Å². The molecule has 3 N–H and O–H groups in total. The maximum Gasteiger partial charge on any atom is 0.437 e. The Morgan fingerprint density at radius 3 is 2.50 bits per heavy atom. The lowest BCUT2D eigenvalue weighted by Gasteiger charge is -2.44. The van der Waals surface area contributed by atoms with Crippen LogP contribution in [0.2, 0.25) is 0 Å². The van der Waals surface area contributed by atoms with E-state index in [1.807, 2.05) is 6.92 Å². The van der Waals surface area contributed by atoms with E-state index in [2.05, 4.69) is 5.32 Å². The number of nitrogens with one attached hydrogen (secondary N) is 2. The molecule has 1 fully saturated rings. The first-order valence-electron chi connectivity index (χ1n) is 11.0. The summed E-state index contributed by atoms with van der Waals surface area (Å²) in [7, 11) is 0. The molecule has 3 atom stereocenters. The molecular formula is C25H22F4N2O5. The zero-order chi connectivity index (χ0) is 26.1. The second kappa shape index (κ2) is 9.65. The zero-order valence-corrected chi connectivity index (χ0v) is 18.9. The predicted molar refractivity (Wildman–Crippen MR) is 120 cm³/mol. The Balaban J connectivity index is 1.75. The van der Waals surface area contributed by atoms with Crippen LogP contribution in [0.25, 0.3) is 11.3 Å². The number of hydrogen-bond acceptors (Lipinski definition) is 5. The summed E-state index contributed by atoms with van der Waals surface area (Å²) in [5.74, 6) is -3.64. The van der Waals surface area contributed by atoms with Crippen LogP contribution in [0.1, 0.15) is 35.5 Å². The molecule has 2 heterocycles. The molecule has 2 aromatic carbocycles. The number of rotatable bonds is 7. The fourth-order valence-corrected chi connectivity index (χ4v) is 4.01. The molecule has 0 bridgehead atoms. The highest BCUT2D eigenvalue weighted by atomic mass is 19.4. The lowest BCUT2D eigenvalue weighted by molar-refractivity contribution is -0.288. The number of carbonyl (C=O) groups excluding carboxylic acids is 2. The second-order valence-corrected chi connectivity index (χ2v) is 8.27. The Kier molecular flexibility index (Phi) is 6.77. The SMILES string of the molecule is CCCOc1ccc(C(=O)[C@@H]2[C@H](c3ccc(-c4cccc(F)c4)o3)NC(=O)N[C@@]2(O)C(F)(F)F)cc1. The number of urea groups is 1. The number of amides is 2. The summed E-state index contributed by atoms with van der Waals surface area (Å²) in [6.07, 6.45) is -4.68. The van der Waals surface area contributed by atoms with E-state index in [0.29, 0.717) is 12.4 Å². The van der Waals surface area contributed by atoms with Gasteiger partial charge in [0, 0.05) is 11.1 Å². The Bertz CT molecular complexity index is 1260. The predicted octanol–water partition coefficient (Wildman–Crippen LogP) is 4.98. The van der Waals surface area contributed by atoms with Gasteiger partial charge in [-0.15, -0.1) is 0 Å². The van der Waals surface area contributed by atoms with Crippen molar-refractivity contribution in [2.45, 2.75) is 31.3 Å². The minimum absolute atomic E-state index is 0.0939. The van der Waals surface area contributed by atoms with Crippen molar-refractivity contribution in [3.05, 3.63) is 77.8 Å². The van der Waals surface area contributed by atoms with Gasteiger partial charge < -0.3 is 24.9 Å². The Morgan fingerprint density at radius 1 is 1.14 bits per heavy atom. The fraction of sp³-hybridized carbons (Fsp3) is 0.280. The maximum absolute atomic E-state index is 14.1. The van der Waals surface area contributed by atoms with Crippen LogP contribution in [-0.4, -0.2) is 35.4 Å². The summed E-state index contributed by atoms with van der Waals surface area (Å²) >= 11 is 0. The quantitative estimate of drug-likeness (QED) is 0.310. The van der Waals surface area contributed by atoms with Gasteiger partial charge in [-0.25, -0.2) is 9.18 Å². The Morgan fingerprint density at radius 2 is 1.86 bits per heavy atom. The third kappa shape index (κ3) is 4.78. The average Bonchev–Trinajstić information content (AvgIpc) is 3.32. The first-order chi connectivity index (χ1) is 17.0. The van der Waals surface area contributed by atoms with Crippen LogP contribution in [0.3, 0.4) is 0 Å². The number of aliphatic hydroxyl groups is 1. The maximum atomic E-state index is 14.1. The smallest absolute Gasteiger partial charge is 0.437 e. The van der Waals surface area contributed by atoms with Crippen molar-refractivity contribution in [1.29, 1.82) is 0 Å². The van der Waals surface area contributed by atoms with Crippen molar-refractivity contribution in [3.63, 3.8) is 0 Å². The molecule has 36 heavy (non-hydrogen) atoms. The number of alkyl halides is 3. The van der Waals surface area contributed by atoms with Gasteiger partial charge in [-0.1, -0.05) is 19.1 Å². The first kappa shape index (κ1) is 25.2. The molecule has 11 heteroatoms. The number of furan rings is 1. The Labute approximate surface area is 203 Å². The van der Waals surface area contributed by atoms with Gasteiger partial charge in [-0.2, -0.15) is 13.2 Å². The molecule has 0 saturated carbocycles. The largest absolute Gasteiger partial charge is 0.494 e. The van der Waals surface area contributed by atoms with E-state index < -0.39 is 41.5 Å². The van der Waals surface area contributed by atoms with Crippen LogP contribution in [-0.2, 0) is 0 Å². The van der Waals surface area contributed by atoms with E-state index in [1.165, 1.54) is 59.9 Å².